The van der Waals surface area contributed by atoms with Crippen molar-refractivity contribution >= 4 is 46.1 Å². The van der Waals surface area contributed by atoms with E-state index in [0.29, 0.717) is 59.7 Å². The van der Waals surface area contributed by atoms with Gasteiger partial charge in [-0.2, -0.15) is 5.26 Å². The normalized spacial score (nSPS) is 18.0. The van der Waals surface area contributed by atoms with Crippen molar-refractivity contribution in [3.05, 3.63) is 44.6 Å². The molecule has 3 heterocycles. The topological polar surface area (TPSA) is 78.6 Å². The van der Waals surface area contributed by atoms with Crippen LogP contribution in [0.5, 0.6) is 0 Å². The second-order valence-electron chi connectivity index (χ2n) is 7.34. The van der Waals surface area contributed by atoms with E-state index in [0.717, 1.165) is 18.7 Å². The quantitative estimate of drug-likeness (QED) is 0.353. The average Bonchev–Trinajstić information content (AvgIpc) is 3.03. The first-order valence-corrected chi connectivity index (χ1v) is 11.5. The highest BCUT2D eigenvalue weighted by Crippen LogP contribution is 2.36. The molecule has 1 amide bonds. The van der Waals surface area contributed by atoms with Crippen molar-refractivity contribution < 1.29 is 9.53 Å². The molecular formula is C22H26N4O3S2. The highest BCUT2D eigenvalue weighted by atomic mass is 32.2. The predicted octanol–water partition coefficient (Wildman–Crippen LogP) is 3.05. The fraction of sp³-hybridized carbons (Fsp3) is 0.455. The Morgan fingerprint density at radius 1 is 1.32 bits per heavy atom. The Labute approximate surface area is 192 Å². The van der Waals surface area contributed by atoms with Crippen LogP contribution in [0.1, 0.15) is 36.5 Å². The summed E-state index contributed by atoms with van der Waals surface area (Å²) < 4.78 is 7.67. The van der Waals surface area contributed by atoms with E-state index >= 15 is 0 Å². The van der Waals surface area contributed by atoms with Crippen molar-refractivity contribution in [3.8, 4) is 6.07 Å². The van der Waals surface area contributed by atoms with Crippen molar-refractivity contribution in [2.24, 2.45) is 0 Å². The number of carbonyl (C=O) groups excluding carboxylic acids is 1. The minimum absolute atomic E-state index is 0.112. The molecule has 164 valence electrons. The van der Waals surface area contributed by atoms with Crippen LogP contribution in [0, 0.1) is 18.3 Å². The maximum absolute atomic E-state index is 13.2. The molecule has 0 unspecified atom stereocenters. The molecule has 0 spiro atoms. The lowest BCUT2D eigenvalue weighted by Gasteiger charge is -2.33. The Morgan fingerprint density at radius 2 is 2.03 bits per heavy atom. The van der Waals surface area contributed by atoms with Crippen LogP contribution in [-0.2, 0) is 16.1 Å². The van der Waals surface area contributed by atoms with Gasteiger partial charge in [-0.15, -0.1) is 6.58 Å². The number of thioether (sulfide) groups is 1. The molecule has 3 rings (SSSR count). The fourth-order valence-corrected chi connectivity index (χ4v) is 4.96. The largest absolute Gasteiger partial charge is 0.378 e. The van der Waals surface area contributed by atoms with Gasteiger partial charge >= 0.3 is 0 Å². The van der Waals surface area contributed by atoms with Gasteiger partial charge in [0.25, 0.3) is 11.5 Å². The minimum atomic E-state index is -0.286. The zero-order chi connectivity index (χ0) is 22.5. The van der Waals surface area contributed by atoms with Crippen molar-refractivity contribution in [1.82, 2.24) is 9.47 Å². The van der Waals surface area contributed by atoms with E-state index in [2.05, 4.69) is 24.5 Å². The molecule has 7 nitrogen and oxygen atoms in total. The van der Waals surface area contributed by atoms with Gasteiger partial charge in [-0.05, 0) is 25.0 Å². The molecule has 1 aromatic heterocycles. The van der Waals surface area contributed by atoms with Gasteiger partial charge in [-0.25, -0.2) is 0 Å². The van der Waals surface area contributed by atoms with E-state index in [1.165, 1.54) is 16.7 Å². The van der Waals surface area contributed by atoms with Crippen LogP contribution >= 0.6 is 24.0 Å². The molecule has 9 heteroatoms. The van der Waals surface area contributed by atoms with Crippen LogP contribution in [0.15, 0.2) is 22.4 Å². The van der Waals surface area contributed by atoms with Crippen molar-refractivity contribution in [2.75, 3.05) is 37.7 Å². The van der Waals surface area contributed by atoms with Gasteiger partial charge in [0.1, 0.15) is 21.8 Å². The van der Waals surface area contributed by atoms with Crippen LogP contribution in [0.3, 0.4) is 0 Å². The van der Waals surface area contributed by atoms with Gasteiger partial charge in [-0.3, -0.25) is 19.1 Å². The van der Waals surface area contributed by atoms with Crippen molar-refractivity contribution in [1.29, 1.82) is 5.26 Å². The molecule has 0 bridgehead atoms. The molecule has 0 saturated carbocycles. The molecule has 0 N–H and O–H groups in total. The van der Waals surface area contributed by atoms with E-state index in [1.807, 2.05) is 0 Å². The summed E-state index contributed by atoms with van der Waals surface area (Å²) in [7, 11) is 0. The van der Waals surface area contributed by atoms with Crippen molar-refractivity contribution in [3.63, 3.8) is 0 Å². The highest BCUT2D eigenvalue weighted by molar-refractivity contribution is 8.26. The van der Waals surface area contributed by atoms with Gasteiger partial charge in [0.05, 0.1) is 18.1 Å². The number of nitriles is 1. The van der Waals surface area contributed by atoms with E-state index in [1.54, 1.807) is 23.6 Å². The maximum atomic E-state index is 13.2. The molecule has 0 aliphatic carbocycles. The second kappa shape index (κ2) is 10.3. The molecule has 0 radical (unpaired) electrons. The number of rotatable bonds is 7. The van der Waals surface area contributed by atoms with Gasteiger partial charge in [0, 0.05) is 31.7 Å². The number of hydrogen-bond acceptors (Lipinski definition) is 7. The lowest BCUT2D eigenvalue weighted by molar-refractivity contribution is -0.121. The fourth-order valence-electron chi connectivity index (χ4n) is 3.70. The standard InChI is InChI=1S/C22H26N4O3S2/c1-4-6-8-25-19(24-9-11-29-12-10-24)16(15(3)17(14-23)20(25)27)13-18-21(28)26(7-5-2)22(30)31-18/h5,13H,2,4,6-12H2,1,3H3/b18-13+. The number of morpholine rings is 1. The lowest BCUT2D eigenvalue weighted by Crippen LogP contribution is -2.41. The Kier molecular flexibility index (Phi) is 7.70. The third-order valence-corrected chi connectivity index (χ3v) is 6.73. The number of ether oxygens (including phenoxy) is 1. The first kappa shape index (κ1) is 23.3. The number of anilines is 1. The number of pyridine rings is 1. The molecule has 0 aromatic carbocycles. The minimum Gasteiger partial charge on any atom is -0.378 e. The van der Waals surface area contributed by atoms with E-state index in [-0.39, 0.29) is 17.0 Å². The molecule has 1 aromatic rings. The number of thiocarbonyl (C=S) groups is 1. The summed E-state index contributed by atoms with van der Waals surface area (Å²) in [6.07, 6.45) is 5.15. The number of unbranched alkanes of at least 4 members (excludes halogenated alkanes) is 1. The smallest absolute Gasteiger partial charge is 0.270 e. The number of carbonyl (C=O) groups is 1. The monoisotopic (exact) mass is 458 g/mol. The summed E-state index contributed by atoms with van der Waals surface area (Å²) in [6, 6.07) is 2.08. The number of nitrogens with zero attached hydrogens (tertiary/aromatic N) is 4. The Balaban J connectivity index is 2.23. The second-order valence-corrected chi connectivity index (χ2v) is 9.02. The molecule has 31 heavy (non-hydrogen) atoms. The first-order valence-electron chi connectivity index (χ1n) is 10.3. The lowest BCUT2D eigenvalue weighted by atomic mass is 10.0. The summed E-state index contributed by atoms with van der Waals surface area (Å²) in [5.41, 5.74) is 1.12. The van der Waals surface area contributed by atoms with Gasteiger partial charge in [-0.1, -0.05) is 43.4 Å². The van der Waals surface area contributed by atoms with Gasteiger partial charge in [0.15, 0.2) is 0 Å². The van der Waals surface area contributed by atoms with Crippen LogP contribution in [0.4, 0.5) is 5.82 Å². The van der Waals surface area contributed by atoms with Crippen LogP contribution in [0.2, 0.25) is 0 Å². The zero-order valence-corrected chi connectivity index (χ0v) is 19.5. The molecule has 2 fully saturated rings. The SMILES string of the molecule is C=CCN1C(=O)/C(=C\c2c(C)c(C#N)c(=O)n(CCCC)c2N2CCOCC2)SC1=S. The Bertz CT molecular complexity index is 1030. The van der Waals surface area contributed by atoms with Crippen LogP contribution < -0.4 is 10.5 Å². The average molecular weight is 459 g/mol. The predicted molar refractivity (Wildman–Crippen MR) is 128 cm³/mol. The maximum Gasteiger partial charge on any atom is 0.270 e. The van der Waals surface area contributed by atoms with E-state index in [9.17, 15) is 14.9 Å². The number of hydrogen-bond donors (Lipinski definition) is 0. The van der Waals surface area contributed by atoms with Gasteiger partial charge < -0.3 is 9.64 Å². The summed E-state index contributed by atoms with van der Waals surface area (Å²) >= 11 is 6.59. The molecule has 0 atom stereocenters. The van der Waals surface area contributed by atoms with Crippen molar-refractivity contribution in [2.45, 2.75) is 33.2 Å². The van der Waals surface area contributed by atoms with Crippen LogP contribution in [0.25, 0.3) is 6.08 Å². The Hall–Kier alpha value is -2.41. The number of amides is 1. The summed E-state index contributed by atoms with van der Waals surface area (Å²) in [4.78, 5) is 30.2. The summed E-state index contributed by atoms with van der Waals surface area (Å²) in [5.74, 6) is 0.555. The summed E-state index contributed by atoms with van der Waals surface area (Å²) in [6.45, 7) is 10.8. The molecule has 2 saturated heterocycles. The third-order valence-electron chi connectivity index (χ3n) is 5.35. The molecule has 2 aliphatic rings. The van der Waals surface area contributed by atoms with E-state index in [4.69, 9.17) is 17.0 Å². The molecular weight excluding hydrogens is 432 g/mol. The van der Waals surface area contributed by atoms with E-state index < -0.39 is 0 Å². The third kappa shape index (κ3) is 4.61. The Morgan fingerprint density at radius 3 is 2.65 bits per heavy atom. The highest BCUT2D eigenvalue weighted by Gasteiger charge is 2.32. The van der Waals surface area contributed by atoms with Gasteiger partial charge in [0.2, 0.25) is 0 Å². The van der Waals surface area contributed by atoms with Crippen LogP contribution in [-0.4, -0.2) is 52.5 Å². The number of aromatic nitrogens is 1. The molecule has 2 aliphatic heterocycles. The summed E-state index contributed by atoms with van der Waals surface area (Å²) in [5, 5.41) is 9.71. The zero-order valence-electron chi connectivity index (χ0n) is 17.8. The first-order chi connectivity index (χ1) is 14.9.